The molecule has 0 aromatic heterocycles. The maximum Gasteiger partial charge on any atom is 0.235 e. The maximum absolute atomic E-state index is 12.2. The normalized spacial score (nSPS) is 10.8. The molecule has 1 aromatic rings. The smallest absolute Gasteiger partial charge is 0.235 e. The van der Waals surface area contributed by atoms with Crippen LogP contribution in [-0.4, -0.2) is 22.9 Å². The van der Waals surface area contributed by atoms with Gasteiger partial charge in [-0.05, 0) is 50.9 Å². The number of hydrogen-bond acceptors (Lipinski definition) is 4. The third kappa shape index (κ3) is 4.64. The molecule has 0 saturated heterocycles. The summed E-state index contributed by atoms with van der Waals surface area (Å²) in [5.74, 6) is -1.06. The molecule has 10 nitrogen and oxygen atoms in total. The lowest BCUT2D eigenvalue weighted by atomic mass is 10.1. The number of hydrogen-bond donors (Lipinski definition) is 2. The zero-order valence-electron chi connectivity index (χ0n) is 13.8. The fraction of sp³-hybridized carbons (Fsp3) is 0.429. The molecule has 0 fully saturated rings. The summed E-state index contributed by atoms with van der Waals surface area (Å²) in [5, 5.41) is 12.1. The molecule has 1 aromatic carbocycles. The van der Waals surface area contributed by atoms with Crippen LogP contribution in [0.25, 0.3) is 20.9 Å². The zero-order chi connectivity index (χ0) is 18.4. The largest absolute Gasteiger partial charge is 0.324 e. The fourth-order valence-corrected chi connectivity index (χ4v) is 1.57. The molecule has 1 rings (SSSR count). The molecule has 0 aliphatic rings. The van der Waals surface area contributed by atoms with E-state index in [1.54, 1.807) is 24.3 Å². The van der Waals surface area contributed by atoms with E-state index in [9.17, 15) is 9.59 Å². The Kier molecular flexibility index (Phi) is 5.78. The van der Waals surface area contributed by atoms with E-state index in [1.807, 2.05) is 0 Å². The van der Waals surface area contributed by atoms with Gasteiger partial charge in [-0.25, -0.2) is 0 Å². The van der Waals surface area contributed by atoms with Gasteiger partial charge in [0.05, 0.1) is 11.4 Å². The van der Waals surface area contributed by atoms with E-state index in [-0.39, 0.29) is 0 Å². The summed E-state index contributed by atoms with van der Waals surface area (Å²) in [6.45, 7) is 5.87. The second-order valence-corrected chi connectivity index (χ2v) is 5.95. The van der Waals surface area contributed by atoms with E-state index in [0.29, 0.717) is 11.4 Å². The van der Waals surface area contributed by atoms with Crippen molar-refractivity contribution < 1.29 is 9.59 Å². The highest BCUT2D eigenvalue weighted by molar-refractivity contribution is 6.04. The number of nitrogens with one attached hydrogen (secondary N) is 2. The van der Waals surface area contributed by atoms with Gasteiger partial charge in [0.25, 0.3) is 0 Å². The topological polar surface area (TPSA) is 156 Å². The van der Waals surface area contributed by atoms with Crippen molar-refractivity contribution in [3.05, 3.63) is 45.2 Å². The summed E-state index contributed by atoms with van der Waals surface area (Å²) in [4.78, 5) is 29.7. The van der Waals surface area contributed by atoms with Gasteiger partial charge in [0.2, 0.25) is 11.8 Å². The number of benzene rings is 1. The minimum Gasteiger partial charge on any atom is -0.324 e. The Labute approximate surface area is 138 Å². The number of carbonyl (C=O) groups is 2. The first-order valence-corrected chi connectivity index (χ1v) is 6.98. The summed E-state index contributed by atoms with van der Waals surface area (Å²) in [7, 11) is 0. The Morgan fingerprint density at radius 1 is 0.875 bits per heavy atom. The van der Waals surface area contributed by atoms with Gasteiger partial charge in [0.15, 0.2) is 0 Å². The zero-order valence-corrected chi connectivity index (χ0v) is 13.8. The van der Waals surface area contributed by atoms with Crippen LogP contribution in [0.2, 0.25) is 0 Å². The molecule has 0 aliphatic heterocycles. The van der Waals surface area contributed by atoms with Crippen LogP contribution in [0.5, 0.6) is 0 Å². The van der Waals surface area contributed by atoms with Gasteiger partial charge in [-0.1, -0.05) is 22.4 Å². The Hall–Kier alpha value is -3.22. The van der Waals surface area contributed by atoms with Crippen LogP contribution in [0.1, 0.15) is 27.7 Å². The first kappa shape index (κ1) is 18.8. The fourth-order valence-electron chi connectivity index (χ4n) is 1.57. The summed E-state index contributed by atoms with van der Waals surface area (Å²) in [5.41, 5.74) is 15.1. The van der Waals surface area contributed by atoms with E-state index in [1.165, 1.54) is 27.7 Å². The Morgan fingerprint density at radius 3 is 1.50 bits per heavy atom. The van der Waals surface area contributed by atoms with Gasteiger partial charge in [-0.3, -0.25) is 9.59 Å². The van der Waals surface area contributed by atoms with Crippen LogP contribution < -0.4 is 10.6 Å². The monoisotopic (exact) mass is 330 g/mol. The van der Waals surface area contributed by atoms with Crippen LogP contribution in [0, 0.1) is 0 Å². The Morgan fingerprint density at radius 2 is 1.21 bits per heavy atom. The molecule has 0 heterocycles. The van der Waals surface area contributed by atoms with Crippen LogP contribution in [0.15, 0.2) is 34.5 Å². The molecular weight excluding hydrogens is 312 g/mol. The SMILES string of the molecule is CC(C)(N=[N+]=[N-])C(=O)Nc1ccccc1NC(=O)C(C)(C)N=[N+]=[N-]. The van der Waals surface area contributed by atoms with Crippen LogP contribution in [0.3, 0.4) is 0 Å². The number of para-hydroxylation sites is 2. The molecule has 0 atom stereocenters. The lowest BCUT2D eigenvalue weighted by Gasteiger charge is -2.21. The van der Waals surface area contributed by atoms with Crippen molar-refractivity contribution in [2.24, 2.45) is 10.2 Å². The van der Waals surface area contributed by atoms with Gasteiger partial charge >= 0.3 is 0 Å². The van der Waals surface area contributed by atoms with Crippen LogP contribution in [-0.2, 0) is 9.59 Å². The van der Waals surface area contributed by atoms with E-state index in [2.05, 4.69) is 30.7 Å². The standard InChI is InChI=1S/C14H18N8O2/c1-13(2,19-21-15)11(23)17-9-7-5-6-8-10(9)18-12(24)14(3,4)20-22-16/h5-8H,1-4H3,(H,17,23)(H,18,24). The third-order valence-electron chi connectivity index (χ3n) is 3.12. The summed E-state index contributed by atoms with van der Waals surface area (Å²) in [6, 6.07) is 6.51. The number of anilines is 2. The lowest BCUT2D eigenvalue weighted by molar-refractivity contribution is -0.120. The minimum atomic E-state index is -1.30. The average Bonchev–Trinajstić information content (AvgIpc) is 2.48. The van der Waals surface area contributed by atoms with Crippen molar-refractivity contribution in [2.45, 2.75) is 38.8 Å². The molecule has 0 saturated carbocycles. The van der Waals surface area contributed by atoms with E-state index in [4.69, 9.17) is 11.1 Å². The highest BCUT2D eigenvalue weighted by Gasteiger charge is 2.29. The summed E-state index contributed by atoms with van der Waals surface area (Å²) >= 11 is 0. The second kappa shape index (κ2) is 7.36. The van der Waals surface area contributed by atoms with Gasteiger partial charge in [0, 0.05) is 9.82 Å². The van der Waals surface area contributed by atoms with E-state index >= 15 is 0 Å². The highest BCUT2D eigenvalue weighted by atomic mass is 16.2. The molecule has 0 aliphatic carbocycles. The van der Waals surface area contributed by atoms with Gasteiger partial charge in [-0.15, -0.1) is 0 Å². The van der Waals surface area contributed by atoms with E-state index in [0.717, 1.165) is 0 Å². The predicted molar refractivity (Wildman–Crippen MR) is 90.2 cm³/mol. The van der Waals surface area contributed by atoms with Gasteiger partial charge in [-0.2, -0.15) is 0 Å². The second-order valence-electron chi connectivity index (χ2n) is 5.95. The number of carbonyl (C=O) groups excluding carboxylic acids is 2. The van der Waals surface area contributed by atoms with Crippen molar-refractivity contribution in [3.8, 4) is 0 Å². The van der Waals surface area contributed by atoms with Crippen molar-refractivity contribution in [1.82, 2.24) is 0 Å². The first-order chi connectivity index (χ1) is 11.1. The molecule has 10 heteroatoms. The van der Waals surface area contributed by atoms with Gasteiger partial charge < -0.3 is 10.6 Å². The Bertz CT molecular complexity index is 680. The minimum absolute atomic E-state index is 0.328. The summed E-state index contributed by atoms with van der Waals surface area (Å²) < 4.78 is 0. The first-order valence-electron chi connectivity index (χ1n) is 6.98. The molecule has 2 N–H and O–H groups in total. The molecule has 24 heavy (non-hydrogen) atoms. The molecular formula is C14H18N8O2. The van der Waals surface area contributed by atoms with E-state index < -0.39 is 22.9 Å². The lowest BCUT2D eigenvalue weighted by Crippen LogP contribution is -2.36. The van der Waals surface area contributed by atoms with Crippen molar-refractivity contribution in [1.29, 1.82) is 0 Å². The molecule has 0 radical (unpaired) electrons. The van der Waals surface area contributed by atoms with Crippen molar-refractivity contribution in [2.75, 3.05) is 10.6 Å². The average molecular weight is 330 g/mol. The molecule has 0 bridgehead atoms. The van der Waals surface area contributed by atoms with Gasteiger partial charge in [0.1, 0.15) is 11.1 Å². The predicted octanol–water partition coefficient (Wildman–Crippen LogP) is 3.74. The molecule has 0 spiro atoms. The Balaban J connectivity index is 3.05. The van der Waals surface area contributed by atoms with Crippen molar-refractivity contribution >= 4 is 23.2 Å². The third-order valence-corrected chi connectivity index (χ3v) is 3.12. The highest BCUT2D eigenvalue weighted by Crippen LogP contribution is 2.25. The maximum atomic E-state index is 12.2. The molecule has 0 unspecified atom stereocenters. The van der Waals surface area contributed by atoms with Crippen molar-refractivity contribution in [3.63, 3.8) is 0 Å². The quantitative estimate of drug-likeness (QED) is 0.463. The summed E-state index contributed by atoms with van der Waals surface area (Å²) in [6.07, 6.45) is 0. The number of nitrogens with zero attached hydrogens (tertiary/aromatic N) is 6. The number of amides is 2. The van der Waals surface area contributed by atoms with Crippen LogP contribution >= 0.6 is 0 Å². The molecule has 126 valence electrons. The van der Waals surface area contributed by atoms with Crippen LogP contribution in [0.4, 0.5) is 11.4 Å². The number of azide groups is 2. The molecule has 2 amide bonds. The number of rotatable bonds is 6.